The summed E-state index contributed by atoms with van der Waals surface area (Å²) in [5, 5.41) is 31.6. The van der Waals surface area contributed by atoms with E-state index in [9.17, 15) is 15.3 Å². The van der Waals surface area contributed by atoms with Crippen LogP contribution in [0.2, 0.25) is 0 Å². The van der Waals surface area contributed by atoms with Gasteiger partial charge in [0.25, 0.3) is 0 Å². The number of aliphatic hydroxyl groups is 3. The van der Waals surface area contributed by atoms with Crippen molar-refractivity contribution in [1.29, 1.82) is 0 Å². The first kappa shape index (κ1) is 14.3. The second kappa shape index (κ2) is 4.46. The molecule has 0 aromatic carbocycles. The smallest absolute Gasteiger partial charge is 0.0679 e. The van der Waals surface area contributed by atoms with E-state index in [1.165, 1.54) is 0 Å². The third-order valence-electron chi connectivity index (χ3n) is 5.72. The predicted octanol–water partition coefficient (Wildman–Crippen LogP) is 1.94. The van der Waals surface area contributed by atoms with E-state index in [-0.39, 0.29) is 17.3 Å². The van der Waals surface area contributed by atoms with Crippen LogP contribution in [0, 0.1) is 23.2 Å². The van der Waals surface area contributed by atoms with E-state index in [1.54, 1.807) is 0 Å². The molecule has 3 nitrogen and oxygen atoms in total. The molecule has 0 radical (unpaired) electrons. The van der Waals surface area contributed by atoms with Crippen LogP contribution in [0.3, 0.4) is 0 Å². The maximum atomic E-state index is 10.7. The Labute approximate surface area is 110 Å². The largest absolute Gasteiger partial charge is 0.393 e. The third kappa shape index (κ3) is 2.00. The monoisotopic (exact) mass is 256 g/mol. The van der Waals surface area contributed by atoms with E-state index in [0.29, 0.717) is 18.8 Å². The summed E-state index contributed by atoms with van der Waals surface area (Å²) in [7, 11) is 0. The molecule has 3 heteroatoms. The Kier molecular flexibility index (Phi) is 3.54. The second-order valence-corrected chi connectivity index (χ2v) is 7.33. The highest BCUT2D eigenvalue weighted by atomic mass is 16.3. The number of hydrogen-bond acceptors (Lipinski definition) is 3. The highest BCUT2D eigenvalue weighted by Gasteiger charge is 2.59. The standard InChI is InChI=1S/C15H28O3/c1-9(2)10-5-7-14(3)11(16)6-8-15(4,18)13(14)12(10)17/h9-13,16-18H,5-8H2,1-4H3/t10-,11+,12-,13+,14-,15-/m0/s1. The van der Waals surface area contributed by atoms with Crippen LogP contribution in [0.25, 0.3) is 0 Å². The van der Waals surface area contributed by atoms with Gasteiger partial charge in [0.05, 0.1) is 17.8 Å². The lowest BCUT2D eigenvalue weighted by Gasteiger charge is -2.58. The molecule has 2 rings (SSSR count). The van der Waals surface area contributed by atoms with E-state index >= 15 is 0 Å². The van der Waals surface area contributed by atoms with Crippen LogP contribution in [0.15, 0.2) is 0 Å². The Bertz CT molecular complexity index is 313. The van der Waals surface area contributed by atoms with E-state index in [0.717, 1.165) is 12.8 Å². The molecule has 3 N–H and O–H groups in total. The van der Waals surface area contributed by atoms with Gasteiger partial charge in [0.1, 0.15) is 0 Å². The van der Waals surface area contributed by atoms with Crippen molar-refractivity contribution in [2.24, 2.45) is 23.2 Å². The summed E-state index contributed by atoms with van der Waals surface area (Å²) in [5.74, 6) is 0.439. The van der Waals surface area contributed by atoms with Crippen molar-refractivity contribution >= 4 is 0 Å². The van der Waals surface area contributed by atoms with E-state index in [1.807, 2.05) is 13.8 Å². The molecule has 0 aliphatic heterocycles. The summed E-state index contributed by atoms with van der Waals surface area (Å²) < 4.78 is 0. The molecule has 0 aromatic heterocycles. The van der Waals surface area contributed by atoms with Crippen molar-refractivity contribution in [3.63, 3.8) is 0 Å². The molecular weight excluding hydrogens is 228 g/mol. The van der Waals surface area contributed by atoms with Crippen molar-refractivity contribution in [1.82, 2.24) is 0 Å². The first-order valence-corrected chi connectivity index (χ1v) is 7.28. The highest BCUT2D eigenvalue weighted by Crippen LogP contribution is 2.56. The molecule has 0 saturated heterocycles. The lowest BCUT2D eigenvalue weighted by atomic mass is 9.50. The number of rotatable bonds is 1. The summed E-state index contributed by atoms with van der Waals surface area (Å²) in [6, 6.07) is 0. The fourth-order valence-corrected chi connectivity index (χ4v) is 4.54. The molecule has 18 heavy (non-hydrogen) atoms. The van der Waals surface area contributed by atoms with Crippen molar-refractivity contribution in [2.45, 2.75) is 71.2 Å². The molecule has 0 amide bonds. The van der Waals surface area contributed by atoms with Gasteiger partial charge in [-0.1, -0.05) is 20.8 Å². The topological polar surface area (TPSA) is 60.7 Å². The van der Waals surface area contributed by atoms with Crippen LogP contribution in [-0.4, -0.2) is 33.1 Å². The molecule has 6 atom stereocenters. The molecule has 0 unspecified atom stereocenters. The van der Waals surface area contributed by atoms with Crippen LogP contribution < -0.4 is 0 Å². The summed E-state index contributed by atoms with van der Waals surface area (Å²) in [5.41, 5.74) is -1.20. The van der Waals surface area contributed by atoms with Crippen molar-refractivity contribution in [2.75, 3.05) is 0 Å². The predicted molar refractivity (Wildman–Crippen MR) is 71.0 cm³/mol. The van der Waals surface area contributed by atoms with Gasteiger partial charge in [0, 0.05) is 11.3 Å². The molecular formula is C15H28O3. The zero-order valence-electron chi connectivity index (χ0n) is 12.1. The molecule has 2 saturated carbocycles. The quantitative estimate of drug-likeness (QED) is 0.672. The lowest BCUT2D eigenvalue weighted by Crippen LogP contribution is -2.63. The third-order valence-corrected chi connectivity index (χ3v) is 5.72. The minimum absolute atomic E-state index is 0.213. The molecule has 106 valence electrons. The molecule has 2 aliphatic carbocycles. The van der Waals surface area contributed by atoms with Gasteiger partial charge in [-0.3, -0.25) is 0 Å². The van der Waals surface area contributed by atoms with E-state index in [4.69, 9.17) is 0 Å². The van der Waals surface area contributed by atoms with Gasteiger partial charge in [-0.05, 0) is 44.4 Å². The summed E-state index contributed by atoms with van der Waals surface area (Å²) in [6.07, 6.45) is 2.16. The highest BCUT2D eigenvalue weighted by molar-refractivity contribution is 5.08. The van der Waals surface area contributed by atoms with Gasteiger partial charge in [-0.15, -0.1) is 0 Å². The van der Waals surface area contributed by atoms with E-state index in [2.05, 4.69) is 13.8 Å². The van der Waals surface area contributed by atoms with E-state index < -0.39 is 17.8 Å². The molecule has 0 heterocycles. The fraction of sp³-hybridized carbons (Fsp3) is 1.00. The normalized spacial score (nSPS) is 53.3. The number of fused-ring (bicyclic) bond motifs is 1. The number of aliphatic hydroxyl groups excluding tert-OH is 2. The Morgan fingerprint density at radius 1 is 1.06 bits per heavy atom. The molecule has 0 spiro atoms. The van der Waals surface area contributed by atoms with Crippen LogP contribution in [0.5, 0.6) is 0 Å². The van der Waals surface area contributed by atoms with Gasteiger partial charge in [-0.2, -0.15) is 0 Å². The number of hydrogen-bond donors (Lipinski definition) is 3. The first-order valence-electron chi connectivity index (χ1n) is 7.28. The minimum atomic E-state index is -0.860. The van der Waals surface area contributed by atoms with Crippen molar-refractivity contribution in [3.05, 3.63) is 0 Å². The molecule has 0 bridgehead atoms. The van der Waals surface area contributed by atoms with Crippen molar-refractivity contribution in [3.8, 4) is 0 Å². The minimum Gasteiger partial charge on any atom is -0.393 e. The maximum absolute atomic E-state index is 10.7. The average molecular weight is 256 g/mol. The Morgan fingerprint density at radius 3 is 2.22 bits per heavy atom. The van der Waals surface area contributed by atoms with Crippen molar-refractivity contribution < 1.29 is 15.3 Å². The lowest BCUT2D eigenvalue weighted by molar-refractivity contribution is -0.219. The SMILES string of the molecule is CC(C)[C@@H]1CC[C@@]2(C)[C@H](O)CC[C@](C)(O)[C@@H]2[C@H]1O. The Hall–Kier alpha value is -0.120. The van der Waals surface area contributed by atoms with Gasteiger partial charge >= 0.3 is 0 Å². The maximum Gasteiger partial charge on any atom is 0.0679 e. The first-order chi connectivity index (χ1) is 8.20. The Balaban J connectivity index is 2.35. The van der Waals surface area contributed by atoms with Gasteiger partial charge < -0.3 is 15.3 Å². The fourth-order valence-electron chi connectivity index (χ4n) is 4.54. The summed E-state index contributed by atoms with van der Waals surface area (Å²) in [6.45, 7) is 8.12. The zero-order chi connectivity index (χ0) is 13.7. The molecule has 0 aromatic rings. The molecule has 2 aliphatic rings. The summed E-state index contributed by atoms with van der Waals surface area (Å²) >= 11 is 0. The summed E-state index contributed by atoms with van der Waals surface area (Å²) in [4.78, 5) is 0. The average Bonchev–Trinajstić information content (AvgIpc) is 2.23. The van der Waals surface area contributed by atoms with Crippen LogP contribution in [0.4, 0.5) is 0 Å². The second-order valence-electron chi connectivity index (χ2n) is 7.33. The Morgan fingerprint density at radius 2 is 1.67 bits per heavy atom. The molecule has 2 fully saturated rings. The zero-order valence-corrected chi connectivity index (χ0v) is 12.1. The van der Waals surface area contributed by atoms with Gasteiger partial charge in [0.15, 0.2) is 0 Å². The van der Waals surface area contributed by atoms with Crippen LogP contribution in [0.1, 0.15) is 53.4 Å². The van der Waals surface area contributed by atoms with Crippen LogP contribution >= 0.6 is 0 Å². The van der Waals surface area contributed by atoms with Gasteiger partial charge in [0.2, 0.25) is 0 Å². The van der Waals surface area contributed by atoms with Crippen LogP contribution in [-0.2, 0) is 0 Å². The van der Waals surface area contributed by atoms with Gasteiger partial charge in [-0.25, -0.2) is 0 Å².